The van der Waals surface area contributed by atoms with Crippen LogP contribution >= 0.6 is 0 Å². The summed E-state index contributed by atoms with van der Waals surface area (Å²) in [5.74, 6) is -0.396. The molecule has 0 saturated carbocycles. The number of aliphatic hydroxyl groups is 2. The van der Waals surface area contributed by atoms with E-state index in [-0.39, 0.29) is 25.0 Å². The van der Waals surface area contributed by atoms with Crippen LogP contribution in [0.15, 0.2) is 60.8 Å². The summed E-state index contributed by atoms with van der Waals surface area (Å²) in [7, 11) is 1.56. The van der Waals surface area contributed by atoms with Crippen molar-refractivity contribution in [2.75, 3.05) is 37.0 Å². The summed E-state index contributed by atoms with van der Waals surface area (Å²) in [6, 6.07) is 12.8. The van der Waals surface area contributed by atoms with Crippen LogP contribution in [0.4, 0.5) is 11.4 Å². The monoisotopic (exact) mass is 588 g/mol. The number of rotatable bonds is 12. The van der Waals surface area contributed by atoms with Gasteiger partial charge in [-0.25, -0.2) is 0 Å². The predicted octanol–water partition coefficient (Wildman–Crippen LogP) is 2.78. The highest BCUT2D eigenvalue weighted by atomic mass is 16.5. The third-order valence-corrected chi connectivity index (χ3v) is 8.27. The van der Waals surface area contributed by atoms with Gasteiger partial charge in [0, 0.05) is 49.5 Å². The Bertz CT molecular complexity index is 1450. The Balaban J connectivity index is 1.28. The average Bonchev–Trinajstić information content (AvgIpc) is 3.57. The molecule has 1 fully saturated rings. The summed E-state index contributed by atoms with van der Waals surface area (Å²) in [6.45, 7) is 4.34. The van der Waals surface area contributed by atoms with E-state index in [4.69, 9.17) is 9.84 Å². The first-order valence-electron chi connectivity index (χ1n) is 14.8. The molecule has 3 aromatic rings. The van der Waals surface area contributed by atoms with Gasteiger partial charge in [-0.1, -0.05) is 36.4 Å². The van der Waals surface area contributed by atoms with Gasteiger partial charge in [0.25, 0.3) is 5.91 Å². The highest BCUT2D eigenvalue weighted by Gasteiger charge is 2.52. The number of methoxy groups -OCH3 is 1. The molecule has 11 heteroatoms. The second kappa shape index (κ2) is 13.5. The molecule has 11 nitrogen and oxygen atoms in total. The van der Waals surface area contributed by atoms with E-state index in [9.17, 15) is 14.7 Å². The zero-order valence-electron chi connectivity index (χ0n) is 24.7. The van der Waals surface area contributed by atoms with Crippen molar-refractivity contribution < 1.29 is 24.5 Å². The van der Waals surface area contributed by atoms with Crippen molar-refractivity contribution >= 4 is 23.2 Å². The molecule has 0 radical (unpaired) electrons. The number of aryl methyl sites for hydroxylation is 1. The maximum atomic E-state index is 13.9. The molecule has 2 aliphatic rings. The van der Waals surface area contributed by atoms with Gasteiger partial charge < -0.3 is 30.5 Å². The Hall–Kier alpha value is -4.06. The van der Waals surface area contributed by atoms with E-state index >= 15 is 0 Å². The second-order valence-corrected chi connectivity index (χ2v) is 11.2. The lowest BCUT2D eigenvalue weighted by atomic mass is 9.83. The van der Waals surface area contributed by atoms with Crippen LogP contribution in [0, 0.1) is 11.8 Å². The van der Waals surface area contributed by atoms with Crippen LogP contribution in [0.2, 0.25) is 0 Å². The number of hydrogen-bond acceptors (Lipinski definition) is 8. The van der Waals surface area contributed by atoms with Gasteiger partial charge in [-0.05, 0) is 61.7 Å². The molecule has 1 aromatic heterocycles. The predicted molar refractivity (Wildman–Crippen MR) is 162 cm³/mol. The van der Waals surface area contributed by atoms with Gasteiger partial charge >= 0.3 is 0 Å². The molecule has 4 N–H and O–H groups in total. The third-order valence-electron chi connectivity index (χ3n) is 8.27. The highest BCUT2D eigenvalue weighted by Crippen LogP contribution is 2.47. The molecule has 1 saturated heterocycles. The minimum absolute atomic E-state index is 0.0115. The number of nitrogens with one attached hydrogen (secondary N) is 2. The SMILES string of the molecule is COc1ccc2c(c1)[C@](O)([C@@H](C)/C=C/CCn1cc(CCO)nn1)C(=O)N2Cc1ccc(NC(=O)C2CCCNC2)cc1. The van der Waals surface area contributed by atoms with Crippen LogP contribution in [0.25, 0.3) is 0 Å². The van der Waals surface area contributed by atoms with Gasteiger partial charge in [0.05, 0.1) is 31.0 Å². The normalized spacial score (nSPS) is 20.8. The molecular formula is C32H40N6O5. The molecule has 5 rings (SSSR count). The van der Waals surface area contributed by atoms with Crippen molar-refractivity contribution in [3.8, 4) is 5.75 Å². The Morgan fingerprint density at radius 2 is 2.09 bits per heavy atom. The van der Waals surface area contributed by atoms with Crippen molar-refractivity contribution in [3.05, 3.63) is 77.6 Å². The number of piperidine rings is 1. The molecule has 0 bridgehead atoms. The lowest BCUT2D eigenvalue weighted by molar-refractivity contribution is -0.139. The van der Waals surface area contributed by atoms with Gasteiger partial charge in [0.2, 0.25) is 5.91 Å². The first kappa shape index (κ1) is 30.4. The van der Waals surface area contributed by atoms with Gasteiger partial charge in [-0.3, -0.25) is 14.3 Å². The lowest BCUT2D eigenvalue weighted by Crippen LogP contribution is -2.44. The van der Waals surface area contributed by atoms with E-state index in [1.807, 2.05) is 49.4 Å². The Labute approximate surface area is 251 Å². The summed E-state index contributed by atoms with van der Waals surface area (Å²) in [4.78, 5) is 28.2. The van der Waals surface area contributed by atoms with Crippen LogP contribution in [-0.2, 0) is 34.7 Å². The van der Waals surface area contributed by atoms with E-state index in [1.165, 1.54) is 0 Å². The Kier molecular flexibility index (Phi) is 9.54. The van der Waals surface area contributed by atoms with E-state index in [1.54, 1.807) is 35.0 Å². The molecule has 2 amide bonds. The number of aliphatic hydroxyl groups excluding tert-OH is 1. The maximum absolute atomic E-state index is 13.9. The second-order valence-electron chi connectivity index (χ2n) is 11.2. The minimum atomic E-state index is -1.77. The molecule has 0 spiro atoms. The van der Waals surface area contributed by atoms with Crippen LogP contribution in [0.1, 0.15) is 43.0 Å². The molecular weight excluding hydrogens is 548 g/mol. The molecule has 1 unspecified atom stereocenters. The van der Waals surface area contributed by atoms with Crippen LogP contribution < -0.4 is 20.3 Å². The van der Waals surface area contributed by atoms with E-state index in [0.29, 0.717) is 48.6 Å². The quantitative estimate of drug-likeness (QED) is 0.237. The van der Waals surface area contributed by atoms with Gasteiger partial charge in [-0.2, -0.15) is 0 Å². The average molecular weight is 589 g/mol. The summed E-state index contributed by atoms with van der Waals surface area (Å²) >= 11 is 0. The Morgan fingerprint density at radius 1 is 1.28 bits per heavy atom. The lowest BCUT2D eigenvalue weighted by Gasteiger charge is -2.28. The molecule has 3 atom stereocenters. The maximum Gasteiger partial charge on any atom is 0.264 e. The number of allylic oxidation sites excluding steroid dienone is 1. The van der Waals surface area contributed by atoms with Crippen molar-refractivity contribution in [2.45, 2.75) is 51.3 Å². The number of amides is 2. The summed E-state index contributed by atoms with van der Waals surface area (Å²) in [5, 5.41) is 35.4. The van der Waals surface area contributed by atoms with E-state index in [2.05, 4.69) is 20.9 Å². The van der Waals surface area contributed by atoms with Crippen molar-refractivity contribution in [2.24, 2.45) is 11.8 Å². The number of anilines is 2. The molecule has 2 aromatic carbocycles. The Morgan fingerprint density at radius 3 is 2.81 bits per heavy atom. The number of nitrogens with zero attached hydrogens (tertiary/aromatic N) is 4. The van der Waals surface area contributed by atoms with Crippen LogP contribution in [0.3, 0.4) is 0 Å². The number of benzene rings is 2. The number of ether oxygens (including phenoxy) is 1. The number of aromatic nitrogens is 3. The summed E-state index contributed by atoms with van der Waals surface area (Å²) in [5.41, 5.74) is 1.67. The van der Waals surface area contributed by atoms with E-state index in [0.717, 1.165) is 30.6 Å². The van der Waals surface area contributed by atoms with Gasteiger partial charge in [0.1, 0.15) is 5.75 Å². The summed E-state index contributed by atoms with van der Waals surface area (Å²) < 4.78 is 7.14. The molecule has 228 valence electrons. The molecule has 3 heterocycles. The number of carbonyl (C=O) groups is 2. The van der Waals surface area contributed by atoms with Crippen molar-refractivity contribution in [1.82, 2.24) is 20.3 Å². The zero-order chi connectivity index (χ0) is 30.4. The third kappa shape index (κ3) is 6.64. The van der Waals surface area contributed by atoms with Crippen LogP contribution in [0.5, 0.6) is 5.75 Å². The standard InChI is InChI=1S/C32H40N6O5/c1-22(6-3-4-16-37-21-26(14-17-39)35-36-37)32(42)28-18-27(43-2)12-13-29(28)38(31(32)41)20-23-8-10-25(11-9-23)34-30(40)24-7-5-15-33-19-24/h3,6,8-13,18,21-22,24,33,39,42H,4-5,7,14-17,19-20H2,1-2H3,(H,34,40)/b6-3+/t22-,24?,32+/m0/s1. The smallest absolute Gasteiger partial charge is 0.264 e. The molecule has 2 aliphatic heterocycles. The van der Waals surface area contributed by atoms with E-state index < -0.39 is 17.4 Å². The molecule has 0 aliphatic carbocycles. The fourth-order valence-electron chi connectivity index (χ4n) is 5.73. The summed E-state index contributed by atoms with van der Waals surface area (Å²) in [6.07, 6.45) is 8.55. The zero-order valence-corrected chi connectivity index (χ0v) is 24.7. The number of fused-ring (bicyclic) bond motifs is 1. The van der Waals surface area contributed by atoms with Crippen molar-refractivity contribution in [1.29, 1.82) is 0 Å². The van der Waals surface area contributed by atoms with Crippen LogP contribution in [-0.4, -0.2) is 63.8 Å². The number of hydrogen-bond donors (Lipinski definition) is 4. The molecule has 43 heavy (non-hydrogen) atoms. The number of carbonyl (C=O) groups excluding carboxylic acids is 2. The van der Waals surface area contributed by atoms with Gasteiger partial charge in [-0.15, -0.1) is 5.10 Å². The largest absolute Gasteiger partial charge is 0.497 e. The first-order valence-corrected chi connectivity index (χ1v) is 14.8. The topological polar surface area (TPSA) is 142 Å². The fourth-order valence-corrected chi connectivity index (χ4v) is 5.73. The van der Waals surface area contributed by atoms with Gasteiger partial charge in [0.15, 0.2) is 5.60 Å². The minimum Gasteiger partial charge on any atom is -0.497 e. The highest BCUT2D eigenvalue weighted by molar-refractivity contribution is 6.07. The first-order chi connectivity index (χ1) is 20.8. The fraction of sp³-hybridized carbons (Fsp3) is 0.438. The van der Waals surface area contributed by atoms with Crippen molar-refractivity contribution in [3.63, 3.8) is 0 Å².